The molecule has 16 heavy (non-hydrogen) atoms. The highest BCUT2D eigenvalue weighted by molar-refractivity contribution is 7.99. The lowest BCUT2D eigenvalue weighted by molar-refractivity contribution is 0.628. The van der Waals surface area contributed by atoms with E-state index >= 15 is 0 Å². The summed E-state index contributed by atoms with van der Waals surface area (Å²) in [5.74, 6) is 3.03. The zero-order valence-electron chi connectivity index (χ0n) is 10.5. The van der Waals surface area contributed by atoms with Crippen LogP contribution in [0.25, 0.3) is 0 Å². The van der Waals surface area contributed by atoms with E-state index in [4.69, 9.17) is 5.73 Å². The molecule has 1 aromatic heterocycles. The van der Waals surface area contributed by atoms with Gasteiger partial charge in [0.05, 0.1) is 0 Å². The SMILES string of the molecule is CC(C)CSCC(N)CCc1ccnn1C. The number of thioether (sulfide) groups is 1. The lowest BCUT2D eigenvalue weighted by Crippen LogP contribution is -2.24. The number of nitrogens with zero attached hydrogens (tertiary/aromatic N) is 2. The molecule has 1 unspecified atom stereocenters. The van der Waals surface area contributed by atoms with Crippen molar-refractivity contribution in [1.29, 1.82) is 0 Å². The number of hydrogen-bond donors (Lipinski definition) is 1. The highest BCUT2D eigenvalue weighted by Crippen LogP contribution is 2.11. The Balaban J connectivity index is 2.15. The Hall–Kier alpha value is -0.480. The maximum absolute atomic E-state index is 6.08. The Bertz CT molecular complexity index is 296. The van der Waals surface area contributed by atoms with Crippen molar-refractivity contribution in [1.82, 2.24) is 9.78 Å². The van der Waals surface area contributed by atoms with Crippen molar-refractivity contribution in [2.75, 3.05) is 11.5 Å². The van der Waals surface area contributed by atoms with E-state index in [0.29, 0.717) is 6.04 Å². The fourth-order valence-corrected chi connectivity index (χ4v) is 2.60. The van der Waals surface area contributed by atoms with Crippen LogP contribution in [-0.4, -0.2) is 27.3 Å². The number of aromatic nitrogens is 2. The largest absolute Gasteiger partial charge is 0.327 e. The van der Waals surface area contributed by atoms with Gasteiger partial charge in [-0.25, -0.2) is 0 Å². The second-order valence-electron chi connectivity index (χ2n) is 4.68. The van der Waals surface area contributed by atoms with Gasteiger partial charge in [-0.1, -0.05) is 13.8 Å². The van der Waals surface area contributed by atoms with E-state index in [9.17, 15) is 0 Å². The number of aryl methyl sites for hydroxylation is 2. The van der Waals surface area contributed by atoms with Gasteiger partial charge in [-0.2, -0.15) is 16.9 Å². The molecule has 0 radical (unpaired) electrons. The van der Waals surface area contributed by atoms with Crippen molar-refractivity contribution in [2.24, 2.45) is 18.7 Å². The quantitative estimate of drug-likeness (QED) is 0.795. The van der Waals surface area contributed by atoms with Gasteiger partial charge in [0.2, 0.25) is 0 Å². The van der Waals surface area contributed by atoms with Crippen LogP contribution >= 0.6 is 11.8 Å². The summed E-state index contributed by atoms with van der Waals surface area (Å²) in [6.45, 7) is 4.49. The van der Waals surface area contributed by atoms with Crippen molar-refractivity contribution >= 4 is 11.8 Å². The van der Waals surface area contributed by atoms with E-state index in [1.54, 1.807) is 0 Å². The molecule has 2 N–H and O–H groups in total. The molecule has 0 amide bonds. The smallest absolute Gasteiger partial charge is 0.0492 e. The van der Waals surface area contributed by atoms with Gasteiger partial charge in [0.15, 0.2) is 0 Å². The van der Waals surface area contributed by atoms with Crippen LogP contribution in [0.15, 0.2) is 12.3 Å². The fraction of sp³-hybridized carbons (Fsp3) is 0.750. The van der Waals surface area contributed by atoms with E-state index in [1.807, 2.05) is 29.7 Å². The van der Waals surface area contributed by atoms with Crippen LogP contribution in [0.5, 0.6) is 0 Å². The molecule has 3 nitrogen and oxygen atoms in total. The molecule has 0 fully saturated rings. The molecule has 1 rings (SSSR count). The first-order valence-corrected chi connectivity index (χ1v) is 7.05. The molecule has 0 saturated heterocycles. The normalized spacial score (nSPS) is 13.3. The second kappa shape index (κ2) is 6.97. The second-order valence-corrected chi connectivity index (χ2v) is 5.75. The predicted molar refractivity (Wildman–Crippen MR) is 71.7 cm³/mol. The molecule has 0 aliphatic heterocycles. The van der Waals surface area contributed by atoms with Crippen LogP contribution in [0, 0.1) is 5.92 Å². The molecule has 92 valence electrons. The Labute approximate surface area is 103 Å². The third-order valence-electron chi connectivity index (χ3n) is 2.48. The van der Waals surface area contributed by atoms with E-state index in [0.717, 1.165) is 24.5 Å². The summed E-state index contributed by atoms with van der Waals surface area (Å²) in [5, 5.41) is 4.15. The monoisotopic (exact) mass is 241 g/mol. The van der Waals surface area contributed by atoms with Crippen molar-refractivity contribution in [2.45, 2.75) is 32.7 Å². The topological polar surface area (TPSA) is 43.8 Å². The van der Waals surface area contributed by atoms with Gasteiger partial charge in [-0.3, -0.25) is 4.68 Å². The predicted octanol–water partition coefficient (Wildman–Crippen LogP) is 2.07. The summed E-state index contributed by atoms with van der Waals surface area (Å²) >= 11 is 1.96. The number of hydrogen-bond acceptors (Lipinski definition) is 3. The van der Waals surface area contributed by atoms with Crippen LogP contribution in [0.2, 0.25) is 0 Å². The van der Waals surface area contributed by atoms with Crippen LogP contribution in [-0.2, 0) is 13.5 Å². The van der Waals surface area contributed by atoms with Crippen LogP contribution in [0.1, 0.15) is 26.0 Å². The summed E-state index contributed by atoms with van der Waals surface area (Å²) in [5.41, 5.74) is 7.34. The van der Waals surface area contributed by atoms with Gasteiger partial charge in [0, 0.05) is 30.7 Å². The standard InChI is InChI=1S/C12H23N3S/c1-10(2)8-16-9-11(13)4-5-12-6-7-14-15(12)3/h6-7,10-11H,4-5,8-9,13H2,1-3H3. The lowest BCUT2D eigenvalue weighted by Gasteiger charge is -2.12. The highest BCUT2D eigenvalue weighted by Gasteiger charge is 2.06. The van der Waals surface area contributed by atoms with E-state index in [-0.39, 0.29) is 0 Å². The Morgan fingerprint density at radius 2 is 2.19 bits per heavy atom. The van der Waals surface area contributed by atoms with Crippen molar-refractivity contribution in [3.8, 4) is 0 Å². The summed E-state index contributed by atoms with van der Waals surface area (Å²) in [6, 6.07) is 2.37. The molecule has 0 aliphatic rings. The minimum Gasteiger partial charge on any atom is -0.327 e. The highest BCUT2D eigenvalue weighted by atomic mass is 32.2. The summed E-state index contributed by atoms with van der Waals surface area (Å²) in [7, 11) is 1.98. The Morgan fingerprint density at radius 3 is 2.75 bits per heavy atom. The first-order chi connectivity index (χ1) is 7.59. The van der Waals surface area contributed by atoms with Crippen molar-refractivity contribution in [3.05, 3.63) is 18.0 Å². The Kier molecular flexibility index (Phi) is 5.91. The maximum Gasteiger partial charge on any atom is 0.0492 e. The molecule has 0 spiro atoms. The molecule has 1 atom stereocenters. The zero-order chi connectivity index (χ0) is 12.0. The third-order valence-corrected chi connectivity index (χ3v) is 4.04. The number of rotatable bonds is 7. The zero-order valence-corrected chi connectivity index (χ0v) is 11.3. The van der Waals surface area contributed by atoms with Gasteiger partial charge in [-0.05, 0) is 30.6 Å². The molecular weight excluding hydrogens is 218 g/mol. The van der Waals surface area contributed by atoms with E-state index in [1.165, 1.54) is 11.4 Å². The van der Waals surface area contributed by atoms with Crippen LogP contribution in [0.3, 0.4) is 0 Å². The van der Waals surface area contributed by atoms with Crippen molar-refractivity contribution in [3.63, 3.8) is 0 Å². The average molecular weight is 241 g/mol. The van der Waals surface area contributed by atoms with Gasteiger partial charge >= 0.3 is 0 Å². The Morgan fingerprint density at radius 1 is 1.44 bits per heavy atom. The van der Waals surface area contributed by atoms with Gasteiger partial charge in [-0.15, -0.1) is 0 Å². The first kappa shape index (κ1) is 13.6. The minimum absolute atomic E-state index is 0.304. The summed E-state index contributed by atoms with van der Waals surface area (Å²) in [6.07, 6.45) is 3.92. The third kappa shape index (κ3) is 5.03. The van der Waals surface area contributed by atoms with Gasteiger partial charge < -0.3 is 5.73 Å². The first-order valence-electron chi connectivity index (χ1n) is 5.89. The lowest BCUT2D eigenvalue weighted by atomic mass is 10.1. The fourth-order valence-electron chi connectivity index (χ4n) is 1.52. The molecule has 4 heteroatoms. The molecule has 0 aromatic carbocycles. The number of nitrogens with two attached hydrogens (primary N) is 1. The maximum atomic E-state index is 6.08. The average Bonchev–Trinajstić information content (AvgIpc) is 2.60. The molecule has 0 bridgehead atoms. The van der Waals surface area contributed by atoms with Gasteiger partial charge in [0.25, 0.3) is 0 Å². The van der Waals surface area contributed by atoms with E-state index < -0.39 is 0 Å². The molecular formula is C12H23N3S. The summed E-state index contributed by atoms with van der Waals surface area (Å²) < 4.78 is 1.92. The van der Waals surface area contributed by atoms with Gasteiger partial charge in [0.1, 0.15) is 0 Å². The van der Waals surface area contributed by atoms with Crippen molar-refractivity contribution < 1.29 is 0 Å². The molecule has 0 aliphatic carbocycles. The minimum atomic E-state index is 0.304. The molecule has 1 aromatic rings. The molecule has 0 saturated carbocycles. The van der Waals surface area contributed by atoms with Crippen LogP contribution < -0.4 is 5.73 Å². The van der Waals surface area contributed by atoms with Crippen LogP contribution in [0.4, 0.5) is 0 Å². The van der Waals surface area contributed by atoms with E-state index in [2.05, 4.69) is 25.0 Å². The molecule has 1 heterocycles. The summed E-state index contributed by atoms with van der Waals surface area (Å²) in [4.78, 5) is 0.